The molecular weight excluding hydrogens is 424 g/mol. The second-order valence-electron chi connectivity index (χ2n) is 7.76. The smallest absolute Gasteiger partial charge is 0.244 e. The molecule has 0 bridgehead atoms. The molecule has 1 fully saturated rings. The number of amides is 1. The van der Waals surface area contributed by atoms with Crippen LogP contribution in [0.1, 0.15) is 34.2 Å². The molecule has 29 heavy (non-hydrogen) atoms. The fourth-order valence-electron chi connectivity index (χ4n) is 4.06. The molecule has 0 unspecified atom stereocenters. The molecule has 1 atom stereocenters. The second kappa shape index (κ2) is 7.96. The second-order valence-corrected chi connectivity index (χ2v) is 8.67. The molecule has 0 radical (unpaired) electrons. The van der Waals surface area contributed by atoms with Crippen molar-refractivity contribution < 1.29 is 4.79 Å². The lowest BCUT2D eigenvalue weighted by Crippen LogP contribution is -2.25. The van der Waals surface area contributed by atoms with Gasteiger partial charge in [-0.1, -0.05) is 87.7 Å². The van der Waals surface area contributed by atoms with Crippen molar-refractivity contribution in [2.75, 3.05) is 0 Å². The van der Waals surface area contributed by atoms with Crippen molar-refractivity contribution in [1.29, 1.82) is 0 Å². The molecule has 0 heterocycles. The Hall–Kier alpha value is -2.72. The number of carbonyl (C=O) groups is 1. The van der Waals surface area contributed by atoms with E-state index in [2.05, 4.69) is 88.8 Å². The Kier molecular flexibility index (Phi) is 5.37. The van der Waals surface area contributed by atoms with Crippen LogP contribution in [0.3, 0.4) is 0 Å². The number of hydrogen-bond acceptors (Lipinski definition) is 2. The standard InChI is InChI=1S/C25H23BrN2O/c1-17-6-3-9-20(12-17)25(21-10-4-7-18(2)13-21)15-23(25)24(29)28-27-16-19-8-5-11-22(26)14-19/h3-14,16,23H,15H2,1-2H3,(H,28,29)/b27-16-/t23-/m0/s1. The lowest BCUT2D eigenvalue weighted by molar-refractivity contribution is -0.122. The maximum atomic E-state index is 13.0. The molecule has 4 heteroatoms. The fourth-order valence-corrected chi connectivity index (χ4v) is 4.48. The SMILES string of the molecule is Cc1cccc(C2(c3cccc(C)c3)C[C@H]2C(=O)N/N=C\c2cccc(Br)c2)c1. The zero-order valence-corrected chi connectivity index (χ0v) is 18.1. The van der Waals surface area contributed by atoms with Gasteiger partial charge in [0.2, 0.25) is 5.91 Å². The van der Waals surface area contributed by atoms with Gasteiger partial charge in [-0.05, 0) is 49.1 Å². The van der Waals surface area contributed by atoms with Gasteiger partial charge in [0.1, 0.15) is 0 Å². The van der Waals surface area contributed by atoms with E-state index in [0.29, 0.717) is 0 Å². The molecule has 4 rings (SSSR count). The van der Waals surface area contributed by atoms with Gasteiger partial charge in [-0.15, -0.1) is 0 Å². The molecular formula is C25H23BrN2O. The Morgan fingerprint density at radius 1 is 1.00 bits per heavy atom. The van der Waals surface area contributed by atoms with Gasteiger partial charge in [0.15, 0.2) is 0 Å². The van der Waals surface area contributed by atoms with Crippen LogP contribution in [0.4, 0.5) is 0 Å². The molecule has 3 aromatic rings. The number of hydrazone groups is 1. The third kappa shape index (κ3) is 4.03. The molecule has 1 aliphatic carbocycles. The highest BCUT2D eigenvalue weighted by Gasteiger charge is 2.60. The first kappa shape index (κ1) is 19.6. The first-order valence-corrected chi connectivity index (χ1v) is 10.5. The molecule has 1 saturated carbocycles. The molecule has 146 valence electrons. The van der Waals surface area contributed by atoms with Crippen LogP contribution in [0.2, 0.25) is 0 Å². The van der Waals surface area contributed by atoms with Gasteiger partial charge in [-0.3, -0.25) is 4.79 Å². The maximum absolute atomic E-state index is 13.0. The zero-order valence-electron chi connectivity index (χ0n) is 16.5. The van der Waals surface area contributed by atoms with Crippen LogP contribution in [-0.4, -0.2) is 12.1 Å². The molecule has 1 amide bonds. The van der Waals surface area contributed by atoms with Crippen molar-refractivity contribution in [2.45, 2.75) is 25.7 Å². The number of carbonyl (C=O) groups excluding carboxylic acids is 1. The minimum absolute atomic E-state index is 0.0424. The lowest BCUT2D eigenvalue weighted by Gasteiger charge is -2.19. The van der Waals surface area contributed by atoms with Gasteiger partial charge in [0.05, 0.1) is 12.1 Å². The van der Waals surface area contributed by atoms with Crippen LogP contribution >= 0.6 is 15.9 Å². The van der Waals surface area contributed by atoms with E-state index in [-0.39, 0.29) is 17.2 Å². The first-order valence-electron chi connectivity index (χ1n) is 9.72. The van der Waals surface area contributed by atoms with Gasteiger partial charge in [-0.25, -0.2) is 5.43 Å². The summed E-state index contributed by atoms with van der Waals surface area (Å²) in [7, 11) is 0. The summed E-state index contributed by atoms with van der Waals surface area (Å²) in [6.45, 7) is 4.18. The van der Waals surface area contributed by atoms with E-state index in [1.54, 1.807) is 6.21 Å². The Bertz CT molecular complexity index is 1040. The third-order valence-electron chi connectivity index (χ3n) is 5.58. The van der Waals surface area contributed by atoms with Crippen LogP contribution in [0.5, 0.6) is 0 Å². The van der Waals surface area contributed by atoms with Gasteiger partial charge >= 0.3 is 0 Å². The number of halogens is 1. The number of benzene rings is 3. The number of nitrogens with one attached hydrogen (secondary N) is 1. The minimum atomic E-state index is -0.284. The topological polar surface area (TPSA) is 41.5 Å². The van der Waals surface area contributed by atoms with Crippen LogP contribution in [0, 0.1) is 19.8 Å². The highest BCUT2D eigenvalue weighted by Crippen LogP contribution is 2.59. The highest BCUT2D eigenvalue weighted by atomic mass is 79.9. The van der Waals surface area contributed by atoms with E-state index in [9.17, 15) is 4.79 Å². The maximum Gasteiger partial charge on any atom is 0.244 e. The Balaban J connectivity index is 1.59. The van der Waals surface area contributed by atoms with E-state index < -0.39 is 0 Å². The Labute approximate surface area is 180 Å². The summed E-state index contributed by atoms with van der Waals surface area (Å²) in [6, 6.07) is 24.8. The summed E-state index contributed by atoms with van der Waals surface area (Å²) in [4.78, 5) is 13.0. The normalized spacial score (nSPS) is 17.3. The third-order valence-corrected chi connectivity index (χ3v) is 6.07. The van der Waals surface area contributed by atoms with Crippen molar-refractivity contribution in [1.82, 2.24) is 5.43 Å². The predicted molar refractivity (Wildman–Crippen MR) is 121 cm³/mol. The summed E-state index contributed by atoms with van der Waals surface area (Å²) in [5.41, 5.74) is 8.19. The summed E-state index contributed by atoms with van der Waals surface area (Å²) in [5.74, 6) is -0.176. The van der Waals surface area contributed by atoms with Crippen molar-refractivity contribution >= 4 is 28.1 Å². The number of hydrogen-bond donors (Lipinski definition) is 1. The molecule has 3 aromatic carbocycles. The van der Waals surface area contributed by atoms with E-state index >= 15 is 0 Å². The molecule has 0 spiro atoms. The van der Waals surface area contributed by atoms with E-state index in [1.165, 1.54) is 22.3 Å². The summed E-state index contributed by atoms with van der Waals surface area (Å²) in [5, 5.41) is 4.19. The van der Waals surface area contributed by atoms with Crippen molar-refractivity contribution in [3.63, 3.8) is 0 Å². The van der Waals surface area contributed by atoms with Crippen LogP contribution in [0.15, 0.2) is 82.4 Å². The average molecular weight is 447 g/mol. The highest BCUT2D eigenvalue weighted by molar-refractivity contribution is 9.10. The summed E-state index contributed by atoms with van der Waals surface area (Å²) >= 11 is 3.45. The molecule has 3 nitrogen and oxygen atoms in total. The van der Waals surface area contributed by atoms with Gasteiger partial charge in [0, 0.05) is 9.89 Å². The van der Waals surface area contributed by atoms with Gasteiger partial charge in [-0.2, -0.15) is 5.10 Å². The molecule has 1 aliphatic rings. The summed E-state index contributed by atoms with van der Waals surface area (Å²) in [6.07, 6.45) is 2.46. The van der Waals surface area contributed by atoms with E-state index in [1.807, 2.05) is 24.3 Å². The monoisotopic (exact) mass is 446 g/mol. The van der Waals surface area contributed by atoms with Crippen molar-refractivity contribution in [2.24, 2.45) is 11.0 Å². The van der Waals surface area contributed by atoms with Crippen LogP contribution < -0.4 is 5.43 Å². The molecule has 0 aliphatic heterocycles. The largest absolute Gasteiger partial charge is 0.273 e. The van der Waals surface area contributed by atoms with Gasteiger partial charge < -0.3 is 0 Å². The van der Waals surface area contributed by atoms with E-state index in [0.717, 1.165) is 16.5 Å². The van der Waals surface area contributed by atoms with Crippen LogP contribution in [0.25, 0.3) is 0 Å². The fraction of sp³-hybridized carbons (Fsp3) is 0.200. The van der Waals surface area contributed by atoms with Crippen molar-refractivity contribution in [3.8, 4) is 0 Å². The molecule has 0 aromatic heterocycles. The number of aryl methyl sites for hydroxylation is 2. The first-order chi connectivity index (χ1) is 14.0. The zero-order chi connectivity index (χ0) is 20.4. The minimum Gasteiger partial charge on any atom is -0.273 e. The van der Waals surface area contributed by atoms with Gasteiger partial charge in [0.25, 0.3) is 0 Å². The Morgan fingerprint density at radius 3 is 2.21 bits per heavy atom. The van der Waals surface area contributed by atoms with Crippen molar-refractivity contribution in [3.05, 3.63) is 105 Å². The average Bonchev–Trinajstić information content (AvgIpc) is 3.45. The Morgan fingerprint density at radius 2 is 1.62 bits per heavy atom. The van der Waals surface area contributed by atoms with Crippen LogP contribution in [-0.2, 0) is 10.2 Å². The van der Waals surface area contributed by atoms with E-state index in [4.69, 9.17) is 0 Å². The quantitative estimate of drug-likeness (QED) is 0.406. The predicted octanol–water partition coefficient (Wildman–Crippen LogP) is 5.52. The number of rotatable bonds is 5. The lowest BCUT2D eigenvalue weighted by atomic mass is 9.84. The number of nitrogens with zero attached hydrogens (tertiary/aromatic N) is 1. The molecule has 1 N–H and O–H groups in total. The summed E-state index contributed by atoms with van der Waals surface area (Å²) < 4.78 is 0.980. The molecule has 0 saturated heterocycles.